The first-order valence-electron chi connectivity index (χ1n) is 6.47. The van der Waals surface area contributed by atoms with Crippen molar-refractivity contribution in [2.45, 2.75) is 12.3 Å². The summed E-state index contributed by atoms with van der Waals surface area (Å²) in [6.07, 6.45) is -0.0167. The molecule has 1 N–H and O–H groups in total. The summed E-state index contributed by atoms with van der Waals surface area (Å²) < 4.78 is 32.8. The number of nitrogens with zero attached hydrogens (tertiary/aromatic N) is 1. The smallest absolute Gasteiger partial charge is 0.239 e. The van der Waals surface area contributed by atoms with Crippen LogP contribution in [-0.4, -0.2) is 44.0 Å². The lowest BCUT2D eigenvalue weighted by Crippen LogP contribution is -2.36. The summed E-state index contributed by atoms with van der Waals surface area (Å²) in [5, 5.41) is 2.41. The van der Waals surface area contributed by atoms with Crippen molar-refractivity contribution in [3.8, 4) is 5.75 Å². The van der Waals surface area contributed by atoms with E-state index in [9.17, 15) is 18.4 Å². The fraction of sp³-hybridized carbons (Fsp3) is 0.429. The number of methoxy groups -OCH3 is 1. The Labute approximate surface area is 120 Å². The topological polar surface area (TPSA) is 58.6 Å². The summed E-state index contributed by atoms with van der Waals surface area (Å²) in [4.78, 5) is 24.4. The van der Waals surface area contributed by atoms with Crippen LogP contribution in [0.1, 0.15) is 17.9 Å². The quantitative estimate of drug-likeness (QED) is 0.903. The SMILES string of the molecule is CNC(=O)CN1C[C@@H](c2c(F)cc(OC)cc2F)CC1=O. The van der Waals surface area contributed by atoms with E-state index in [0.717, 1.165) is 12.1 Å². The summed E-state index contributed by atoms with van der Waals surface area (Å²) in [5.74, 6) is -2.62. The van der Waals surface area contributed by atoms with E-state index in [2.05, 4.69) is 5.32 Å². The van der Waals surface area contributed by atoms with Crippen LogP contribution in [0.3, 0.4) is 0 Å². The number of nitrogens with one attached hydrogen (secondary N) is 1. The fourth-order valence-electron chi connectivity index (χ4n) is 2.44. The molecule has 0 aliphatic carbocycles. The van der Waals surface area contributed by atoms with Crippen molar-refractivity contribution in [3.63, 3.8) is 0 Å². The van der Waals surface area contributed by atoms with Crippen LogP contribution in [0.5, 0.6) is 5.75 Å². The number of halogens is 2. The highest BCUT2D eigenvalue weighted by Gasteiger charge is 2.34. The predicted molar refractivity (Wildman–Crippen MR) is 70.9 cm³/mol. The van der Waals surface area contributed by atoms with Gasteiger partial charge in [-0.3, -0.25) is 9.59 Å². The third-order valence-electron chi connectivity index (χ3n) is 3.52. The molecule has 1 aliphatic heterocycles. The van der Waals surface area contributed by atoms with Crippen molar-refractivity contribution in [3.05, 3.63) is 29.3 Å². The fourth-order valence-corrected chi connectivity index (χ4v) is 2.44. The van der Waals surface area contributed by atoms with Crippen LogP contribution in [0.4, 0.5) is 8.78 Å². The molecule has 1 heterocycles. The summed E-state index contributed by atoms with van der Waals surface area (Å²) in [6, 6.07) is 2.18. The van der Waals surface area contributed by atoms with Gasteiger partial charge in [-0.25, -0.2) is 8.78 Å². The standard InChI is InChI=1S/C14H16F2N2O3/c1-17-12(19)7-18-6-8(3-13(18)20)14-10(15)4-9(21-2)5-11(14)16/h4-5,8H,3,6-7H2,1-2H3,(H,17,19)/t8-/m0/s1. The molecular weight excluding hydrogens is 282 g/mol. The first kappa shape index (κ1) is 15.2. The molecule has 2 amide bonds. The van der Waals surface area contributed by atoms with Gasteiger partial charge in [0.2, 0.25) is 11.8 Å². The van der Waals surface area contributed by atoms with Crippen molar-refractivity contribution < 1.29 is 23.1 Å². The monoisotopic (exact) mass is 298 g/mol. The third kappa shape index (κ3) is 3.12. The third-order valence-corrected chi connectivity index (χ3v) is 3.52. The van der Waals surface area contributed by atoms with E-state index in [1.165, 1.54) is 19.1 Å². The van der Waals surface area contributed by atoms with E-state index in [0.29, 0.717) is 0 Å². The molecule has 1 aromatic carbocycles. The number of likely N-dealkylation sites (N-methyl/N-ethyl adjacent to an activating group) is 1. The molecule has 1 atom stereocenters. The van der Waals surface area contributed by atoms with E-state index >= 15 is 0 Å². The minimum atomic E-state index is -0.744. The highest BCUT2D eigenvalue weighted by atomic mass is 19.1. The average Bonchev–Trinajstić information content (AvgIpc) is 2.78. The Morgan fingerprint density at radius 2 is 2.05 bits per heavy atom. The minimum absolute atomic E-state index is 0.0167. The molecule has 0 spiro atoms. The van der Waals surface area contributed by atoms with Gasteiger partial charge in [-0.05, 0) is 0 Å². The van der Waals surface area contributed by atoms with Crippen LogP contribution >= 0.6 is 0 Å². The van der Waals surface area contributed by atoms with Gasteiger partial charge in [0.25, 0.3) is 0 Å². The number of hydrogen-bond donors (Lipinski definition) is 1. The number of benzene rings is 1. The number of rotatable bonds is 4. The zero-order chi connectivity index (χ0) is 15.6. The van der Waals surface area contributed by atoms with E-state index < -0.39 is 17.6 Å². The van der Waals surface area contributed by atoms with Crippen LogP contribution in [0.25, 0.3) is 0 Å². The van der Waals surface area contributed by atoms with Gasteiger partial charge >= 0.3 is 0 Å². The van der Waals surface area contributed by atoms with Crippen LogP contribution in [-0.2, 0) is 9.59 Å². The molecule has 0 radical (unpaired) electrons. The van der Waals surface area contributed by atoms with Gasteiger partial charge in [0.1, 0.15) is 17.4 Å². The summed E-state index contributed by atoms with van der Waals surface area (Å²) in [5.41, 5.74) is -0.136. The lowest BCUT2D eigenvalue weighted by molar-refractivity contribution is -0.132. The molecule has 1 aromatic rings. The van der Waals surface area contributed by atoms with E-state index in [4.69, 9.17) is 4.74 Å². The molecule has 7 heteroatoms. The van der Waals surface area contributed by atoms with Gasteiger partial charge in [0.15, 0.2) is 0 Å². The second-order valence-electron chi connectivity index (χ2n) is 4.85. The second kappa shape index (κ2) is 6.07. The molecule has 5 nitrogen and oxygen atoms in total. The number of carbonyl (C=O) groups excluding carboxylic acids is 2. The Morgan fingerprint density at radius 1 is 1.43 bits per heavy atom. The number of ether oxygens (including phenoxy) is 1. The van der Waals surface area contributed by atoms with E-state index in [1.807, 2.05) is 0 Å². The van der Waals surface area contributed by atoms with E-state index in [-0.39, 0.29) is 42.6 Å². The maximum atomic E-state index is 14.0. The van der Waals surface area contributed by atoms with Crippen molar-refractivity contribution in [1.82, 2.24) is 10.2 Å². The van der Waals surface area contributed by atoms with Gasteiger partial charge in [0.05, 0.1) is 13.7 Å². The van der Waals surface area contributed by atoms with Crippen LogP contribution in [0.2, 0.25) is 0 Å². The minimum Gasteiger partial charge on any atom is -0.497 e. The lowest BCUT2D eigenvalue weighted by atomic mass is 9.97. The van der Waals surface area contributed by atoms with E-state index in [1.54, 1.807) is 0 Å². The molecule has 1 saturated heterocycles. The molecule has 0 unspecified atom stereocenters. The lowest BCUT2D eigenvalue weighted by Gasteiger charge is -2.16. The largest absolute Gasteiger partial charge is 0.497 e. The second-order valence-corrected chi connectivity index (χ2v) is 4.85. The molecule has 21 heavy (non-hydrogen) atoms. The average molecular weight is 298 g/mol. The molecule has 2 rings (SSSR count). The van der Waals surface area contributed by atoms with Gasteiger partial charge in [0, 0.05) is 43.6 Å². The van der Waals surface area contributed by atoms with Crippen molar-refractivity contribution >= 4 is 11.8 Å². The zero-order valence-electron chi connectivity index (χ0n) is 11.8. The Kier molecular flexibility index (Phi) is 4.40. The zero-order valence-corrected chi connectivity index (χ0v) is 11.8. The van der Waals surface area contributed by atoms with Crippen LogP contribution < -0.4 is 10.1 Å². The van der Waals surface area contributed by atoms with Crippen molar-refractivity contribution in [1.29, 1.82) is 0 Å². The Morgan fingerprint density at radius 3 is 2.57 bits per heavy atom. The highest BCUT2D eigenvalue weighted by molar-refractivity contribution is 5.86. The molecule has 114 valence electrons. The molecule has 1 fully saturated rings. The van der Waals surface area contributed by atoms with Gasteiger partial charge < -0.3 is 15.0 Å². The number of likely N-dealkylation sites (tertiary alicyclic amines) is 1. The molecule has 1 aliphatic rings. The first-order valence-corrected chi connectivity index (χ1v) is 6.47. The Hall–Kier alpha value is -2.18. The predicted octanol–water partition coefficient (Wildman–Crippen LogP) is 1.04. The summed E-state index contributed by atoms with van der Waals surface area (Å²) in [6.45, 7) is 0.0116. The highest BCUT2D eigenvalue weighted by Crippen LogP contribution is 2.33. The van der Waals surface area contributed by atoms with Gasteiger partial charge in [-0.15, -0.1) is 0 Å². The normalized spacial score (nSPS) is 18.0. The van der Waals surface area contributed by atoms with Crippen LogP contribution in [0, 0.1) is 11.6 Å². The summed E-state index contributed by atoms with van der Waals surface area (Å²) >= 11 is 0. The number of amides is 2. The number of carbonyl (C=O) groups is 2. The van der Waals surface area contributed by atoms with Gasteiger partial charge in [-0.2, -0.15) is 0 Å². The number of hydrogen-bond acceptors (Lipinski definition) is 3. The molecule has 0 saturated carbocycles. The van der Waals surface area contributed by atoms with Crippen molar-refractivity contribution in [2.24, 2.45) is 0 Å². The Balaban J connectivity index is 2.21. The maximum absolute atomic E-state index is 14.0. The first-order chi connectivity index (χ1) is 9.96. The van der Waals surface area contributed by atoms with Gasteiger partial charge in [-0.1, -0.05) is 0 Å². The molecular formula is C14H16F2N2O3. The Bertz CT molecular complexity index is 554. The molecule has 0 bridgehead atoms. The van der Waals surface area contributed by atoms with Crippen LogP contribution in [0.15, 0.2) is 12.1 Å². The summed E-state index contributed by atoms with van der Waals surface area (Å²) in [7, 11) is 2.78. The molecule has 0 aromatic heterocycles. The van der Waals surface area contributed by atoms with Crippen molar-refractivity contribution in [2.75, 3.05) is 27.2 Å². The maximum Gasteiger partial charge on any atom is 0.239 e.